The molecular formula is C69H129Cl6N3O10Si3. The first-order chi connectivity index (χ1) is 41.5. The van der Waals surface area contributed by atoms with Crippen molar-refractivity contribution in [2.45, 2.75) is 343 Å². The van der Waals surface area contributed by atoms with E-state index in [0.29, 0.717) is 18.4 Å². The summed E-state index contributed by atoms with van der Waals surface area (Å²) in [5, 5.41) is 33.3. The average molecular weight is 1460 g/mol. The molecular weight excluding hydrogens is 1330 g/mol. The number of aliphatic hydroxyl groups excluding tert-OH is 2. The van der Waals surface area contributed by atoms with Crippen LogP contribution in [0.15, 0.2) is 36.5 Å². The third-order valence-corrected chi connectivity index (χ3v) is 34.0. The average Bonchev–Trinajstić information content (AvgIpc) is 0.889. The maximum Gasteiger partial charge on any atom is 0.407 e. The Bertz CT molecular complexity index is 2210. The number of carbonyl (C=O) groups excluding carboxylic acids is 2. The van der Waals surface area contributed by atoms with Crippen LogP contribution in [0, 0.1) is 29.1 Å². The number of carbonyl (C=O) groups is 2. The molecule has 4 rings (SSSR count). The molecule has 4 fully saturated rings. The minimum atomic E-state index is -1.93. The number of hydrogen-bond acceptors (Lipinski definition) is 11. The van der Waals surface area contributed by atoms with Gasteiger partial charge in [0.25, 0.3) is 13.5 Å². The molecule has 22 heteroatoms. The number of nitrogens with one attached hydrogen (secondary N) is 3. The van der Waals surface area contributed by atoms with E-state index in [1.54, 1.807) is 0 Å². The Hall–Kier alpha value is -0.419. The molecule has 0 unspecified atom stereocenters. The molecule has 0 saturated heterocycles. The van der Waals surface area contributed by atoms with Gasteiger partial charge in [-0.25, -0.2) is 4.79 Å². The molecule has 4 aliphatic carbocycles. The van der Waals surface area contributed by atoms with E-state index < -0.39 is 44.0 Å². The van der Waals surface area contributed by atoms with E-state index in [0.717, 1.165) is 70.6 Å². The summed E-state index contributed by atoms with van der Waals surface area (Å²) in [6.07, 6.45) is 31.9. The second-order valence-electron chi connectivity index (χ2n) is 31.5. The predicted octanol–water partition coefficient (Wildman–Crippen LogP) is 20.6. The highest BCUT2D eigenvalue weighted by molar-refractivity contribution is 6.77. The topological polar surface area (TPSA) is 178 Å². The van der Waals surface area contributed by atoms with Crippen LogP contribution in [0.25, 0.3) is 0 Å². The summed E-state index contributed by atoms with van der Waals surface area (Å²) in [6, 6.07) is -0.103. The van der Waals surface area contributed by atoms with Crippen molar-refractivity contribution in [1.82, 2.24) is 10.6 Å². The summed E-state index contributed by atoms with van der Waals surface area (Å²) in [5.74, 6) is 0.397. The maximum atomic E-state index is 11.7. The van der Waals surface area contributed by atoms with E-state index in [1.807, 2.05) is 78.8 Å². The quantitative estimate of drug-likeness (QED) is 0.0244. The molecule has 0 heterocycles. The Labute approximate surface area is 587 Å². The molecule has 0 aromatic heterocycles. The molecule has 0 aromatic rings. The Morgan fingerprint density at radius 2 is 1.01 bits per heavy atom. The van der Waals surface area contributed by atoms with Crippen LogP contribution in [0.2, 0.25) is 54.4 Å². The Morgan fingerprint density at radius 3 is 1.46 bits per heavy atom. The van der Waals surface area contributed by atoms with E-state index in [4.69, 9.17) is 108 Å². The molecule has 0 radical (unpaired) electrons. The number of amides is 2. The molecule has 5 N–H and O–H groups in total. The monoisotopic (exact) mass is 1450 g/mol. The van der Waals surface area contributed by atoms with Gasteiger partial charge in [-0.05, 0) is 179 Å². The number of halogens is 6. The van der Waals surface area contributed by atoms with Crippen LogP contribution < -0.4 is 10.6 Å². The first-order valence-corrected chi connectivity index (χ1v) is 45.1. The fourth-order valence-electron chi connectivity index (χ4n) is 11.1. The van der Waals surface area contributed by atoms with E-state index in [-0.39, 0.29) is 94.3 Å². The predicted molar refractivity (Wildman–Crippen MR) is 394 cm³/mol. The summed E-state index contributed by atoms with van der Waals surface area (Å²) in [6.45, 7) is 48.0. The lowest BCUT2D eigenvalue weighted by Crippen LogP contribution is -2.49. The second-order valence-corrected chi connectivity index (χ2v) is 50.3. The van der Waals surface area contributed by atoms with Crippen LogP contribution in [0.5, 0.6) is 0 Å². The summed E-state index contributed by atoms with van der Waals surface area (Å²) in [7, 11) is -5.43. The molecule has 0 aromatic carbocycles. The normalized spacial score (nSPS) is 24.9. The fraction of sp³-hybridized carbons (Fsp3) is 0.870. The summed E-state index contributed by atoms with van der Waals surface area (Å²) in [4.78, 5) is 23.5. The van der Waals surface area contributed by atoms with Crippen molar-refractivity contribution in [3.63, 3.8) is 0 Å². The standard InChI is InChI=1S/2C18H32Cl3NO2Si.C17H33NO4.C16H32O2Si/c1-13(22-16(23)18(19,20)21)11-12-14-9-7-8-10-15(14)24-25(5,6)17(2,3)4;1-7-10-14(23-16(22)18(19,20)21)13-11-8-9-12-15(13)24-25(5,6)17(2,3)4;1-13(18-16(20)22-17(2,3)4)9-10-14-7-5-6-8-15(14)21-12-11-19;1-7-10-14(17)13-11-8-9-12-15(13)18-19(5,6)16(2,3)4/h11-15H,7-10H2,1-6H3,(H,22,23);7,10,13-15,22H,8-9,11-12H2,1-6H3;13-15,19H,5-12H2,1-4H3,(H,18,20);7,10,13-15,17H,8-9,11-12H2,1-6H3/b12-11+;10-7+,22-16?;;10-7+/t4*13-,14-,15-/m0000/s1. The largest absolute Gasteiger partial charge is 0.470 e. The molecule has 12 atom stereocenters. The lowest BCUT2D eigenvalue weighted by Gasteiger charge is -2.44. The van der Waals surface area contributed by atoms with Crippen molar-refractivity contribution in [2.75, 3.05) is 13.2 Å². The number of rotatable bonds is 21. The van der Waals surface area contributed by atoms with Gasteiger partial charge in [0, 0.05) is 29.8 Å². The summed E-state index contributed by atoms with van der Waals surface area (Å²) >= 11 is 34.2. The number of alkyl halides is 6. The van der Waals surface area contributed by atoms with E-state index >= 15 is 0 Å². The van der Waals surface area contributed by atoms with Gasteiger partial charge in [0.2, 0.25) is 5.90 Å². The van der Waals surface area contributed by atoms with Gasteiger partial charge in [0.1, 0.15) is 11.7 Å². The molecule has 4 aliphatic rings. The highest BCUT2D eigenvalue weighted by Gasteiger charge is 2.46. The molecule has 534 valence electrons. The molecule has 91 heavy (non-hydrogen) atoms. The lowest BCUT2D eigenvalue weighted by molar-refractivity contribution is -0.120. The molecule has 2 amide bonds. The van der Waals surface area contributed by atoms with Crippen LogP contribution in [0.4, 0.5) is 4.79 Å². The van der Waals surface area contributed by atoms with Crippen LogP contribution >= 0.6 is 69.6 Å². The van der Waals surface area contributed by atoms with Crippen molar-refractivity contribution in [3.8, 4) is 0 Å². The van der Waals surface area contributed by atoms with Gasteiger partial charge in [-0.1, -0.05) is 214 Å². The lowest BCUT2D eigenvalue weighted by atomic mass is 9.82. The van der Waals surface area contributed by atoms with E-state index in [9.17, 15) is 14.7 Å². The first kappa shape index (κ1) is 88.6. The van der Waals surface area contributed by atoms with Crippen molar-refractivity contribution in [1.29, 1.82) is 5.41 Å². The van der Waals surface area contributed by atoms with Gasteiger partial charge in [-0.3, -0.25) is 10.2 Å². The molecule has 0 aliphatic heterocycles. The van der Waals surface area contributed by atoms with Gasteiger partial charge < -0.3 is 48.3 Å². The summed E-state index contributed by atoms with van der Waals surface area (Å²) < 4.78 is 33.0. The van der Waals surface area contributed by atoms with Crippen LogP contribution in [0.1, 0.15) is 226 Å². The highest BCUT2D eigenvalue weighted by atomic mass is 35.6. The number of ether oxygens (including phenoxy) is 3. The minimum absolute atomic E-state index is 0.0832. The van der Waals surface area contributed by atoms with Gasteiger partial charge >= 0.3 is 6.09 Å². The Morgan fingerprint density at radius 1 is 0.582 bits per heavy atom. The van der Waals surface area contributed by atoms with Gasteiger partial charge in [0.15, 0.2) is 25.0 Å². The summed E-state index contributed by atoms with van der Waals surface area (Å²) in [5.41, 5.74) is -0.462. The fourth-order valence-corrected chi connectivity index (χ4v) is 15.6. The molecule has 4 saturated carbocycles. The Balaban J connectivity index is 0.000000610. The highest BCUT2D eigenvalue weighted by Crippen LogP contribution is 2.45. The first-order valence-electron chi connectivity index (χ1n) is 34.1. The number of allylic oxidation sites excluding steroid dienone is 2. The zero-order valence-corrected chi connectivity index (χ0v) is 68.0. The minimum Gasteiger partial charge on any atom is -0.470 e. The Kier molecular flexibility index (Phi) is 38.9. The van der Waals surface area contributed by atoms with Crippen molar-refractivity contribution >= 4 is 112 Å². The van der Waals surface area contributed by atoms with Crippen molar-refractivity contribution < 1.29 is 47.3 Å². The number of aliphatic hydroxyl groups is 2. The van der Waals surface area contributed by atoms with E-state index in [1.165, 1.54) is 44.9 Å². The van der Waals surface area contributed by atoms with Crippen molar-refractivity contribution in [3.05, 3.63) is 36.5 Å². The van der Waals surface area contributed by atoms with Gasteiger partial charge in [0.05, 0.1) is 43.7 Å². The molecule has 0 bridgehead atoms. The molecule has 13 nitrogen and oxygen atoms in total. The third-order valence-electron chi connectivity index (χ3n) is 19.4. The smallest absolute Gasteiger partial charge is 0.407 e. The van der Waals surface area contributed by atoms with Crippen molar-refractivity contribution in [2.24, 2.45) is 23.7 Å². The number of hydrogen-bond donors (Lipinski definition) is 5. The molecule has 0 spiro atoms. The zero-order valence-electron chi connectivity index (χ0n) is 60.5. The van der Waals surface area contributed by atoms with Gasteiger partial charge in [-0.15, -0.1) is 0 Å². The van der Waals surface area contributed by atoms with Crippen LogP contribution in [0.3, 0.4) is 0 Å². The second kappa shape index (κ2) is 40.0. The SMILES string of the molecule is C/C=C/[C@H](O)[C@@H]1CCCC[C@@H]1O[Si](C)(C)C(C)(C)C.C/C=C/[C@H](OC(=N)C(Cl)(Cl)Cl)[C@@H]1CCCC[C@@H]1O[Si](C)(C)C(C)(C)C.C[C@@H](/C=C/[C@@H]1CCCC[C@@H]1O[Si](C)(C)C(C)(C)C)NC(=O)C(Cl)(Cl)Cl.C[C@@H](CC[C@@H]1CCCC[C@@H]1OCCO)NC(=O)OC(C)(C)C. The maximum absolute atomic E-state index is 11.7. The van der Waals surface area contributed by atoms with Crippen LogP contribution in [-0.2, 0) is 32.3 Å². The number of alkyl carbamates (subject to hydrolysis) is 1. The third kappa shape index (κ3) is 33.8. The zero-order chi connectivity index (χ0) is 70.2. The van der Waals surface area contributed by atoms with Gasteiger partial charge in [-0.2, -0.15) is 0 Å². The van der Waals surface area contributed by atoms with E-state index in [2.05, 4.69) is 118 Å². The van der Waals surface area contributed by atoms with Crippen LogP contribution in [-0.4, -0.2) is 128 Å².